The van der Waals surface area contributed by atoms with Crippen molar-refractivity contribution in [2.45, 2.75) is 38.9 Å². The molecule has 0 atom stereocenters. The molecule has 0 unspecified atom stereocenters. The van der Waals surface area contributed by atoms with E-state index in [1.54, 1.807) is 21.3 Å². The molecule has 0 saturated heterocycles. The fourth-order valence-corrected chi connectivity index (χ4v) is 4.14. The summed E-state index contributed by atoms with van der Waals surface area (Å²) >= 11 is 2.17. The van der Waals surface area contributed by atoms with E-state index in [1.165, 1.54) is 0 Å². The minimum Gasteiger partial charge on any atom is -0.541 e. The molecule has 0 heterocycles. The number of benzene rings is 2. The molecule has 8 heteroatoms. The molecule has 0 aliphatic heterocycles. The molecule has 0 N–H and O–H groups in total. The van der Waals surface area contributed by atoms with Gasteiger partial charge in [0.25, 0.3) is 8.32 Å². The van der Waals surface area contributed by atoms with E-state index in [4.69, 9.17) is 28.1 Å². The molecule has 0 aliphatic carbocycles. The topological polar surface area (TPSA) is 55.4 Å². The predicted molar refractivity (Wildman–Crippen MR) is 141 cm³/mol. The van der Waals surface area contributed by atoms with Crippen molar-refractivity contribution in [3.63, 3.8) is 0 Å². The highest BCUT2D eigenvalue weighted by Crippen LogP contribution is 2.40. The van der Waals surface area contributed by atoms with Crippen molar-refractivity contribution in [3.8, 4) is 34.8 Å². The molecule has 2 rings (SSSR count). The molecule has 6 nitrogen and oxygen atoms in total. The number of halogens is 1. The van der Waals surface area contributed by atoms with Crippen LogP contribution in [0.4, 0.5) is 0 Å². The molecule has 0 amide bonds. The van der Waals surface area contributed by atoms with E-state index in [0.717, 1.165) is 14.7 Å². The number of methoxy groups -OCH3 is 3. The smallest absolute Gasteiger partial charge is 0.250 e. The van der Waals surface area contributed by atoms with Crippen LogP contribution in [0.1, 0.15) is 31.9 Å². The summed E-state index contributed by atoms with van der Waals surface area (Å²) in [6.07, 6.45) is 0. The van der Waals surface area contributed by atoms with E-state index in [2.05, 4.69) is 68.3 Å². The first kappa shape index (κ1) is 27.3. The highest BCUT2D eigenvalue weighted by atomic mass is 127. The second-order valence-electron chi connectivity index (χ2n) is 8.87. The van der Waals surface area contributed by atoms with Gasteiger partial charge in [0.15, 0.2) is 19.3 Å². The van der Waals surface area contributed by atoms with Gasteiger partial charge in [0.2, 0.25) is 0 Å². The maximum absolute atomic E-state index is 6.50. The van der Waals surface area contributed by atoms with Crippen LogP contribution in [0.3, 0.4) is 0 Å². The molecule has 0 aromatic heterocycles. The second-order valence-corrected chi connectivity index (χ2v) is 14.7. The largest absolute Gasteiger partial charge is 0.541 e. The third-order valence-corrected chi connectivity index (χ3v) is 10.8. The Kier molecular flexibility index (Phi) is 9.91. The van der Waals surface area contributed by atoms with E-state index in [1.807, 2.05) is 30.3 Å². The Labute approximate surface area is 212 Å². The molecule has 0 saturated carbocycles. The lowest BCUT2D eigenvalue weighted by Crippen LogP contribution is -2.43. The van der Waals surface area contributed by atoms with Gasteiger partial charge in [-0.2, -0.15) is 0 Å². The third kappa shape index (κ3) is 7.53. The van der Waals surface area contributed by atoms with Gasteiger partial charge in [0, 0.05) is 25.3 Å². The van der Waals surface area contributed by atoms with Crippen molar-refractivity contribution in [2.75, 3.05) is 34.9 Å². The Morgan fingerprint density at radius 2 is 1.30 bits per heavy atom. The SMILES string of the molecule is COCOc1cc(C#Cc2ccc(OC)c(O[Si](C)(C)C(C)(C)C)c2)cc(OCOC)c1I. The Hall–Kier alpha value is -1.93. The molecule has 2 aromatic rings. The van der Waals surface area contributed by atoms with Crippen molar-refractivity contribution in [3.05, 3.63) is 45.0 Å². The standard InChI is InChI=1S/C25H33IO6Si/c1-25(2,3)33(7,8)32-21-13-18(11-12-20(21)29-6)9-10-19-14-22(30-16-27-4)24(26)23(15-19)31-17-28-5/h11-15H,16-17H2,1-8H3. The summed E-state index contributed by atoms with van der Waals surface area (Å²) in [4.78, 5) is 0. The molecule has 180 valence electrons. The Balaban J connectivity index is 2.42. The second kappa shape index (κ2) is 12.0. The maximum Gasteiger partial charge on any atom is 0.250 e. The van der Waals surface area contributed by atoms with Crippen LogP contribution in [0.25, 0.3) is 0 Å². The average molecular weight is 585 g/mol. The zero-order valence-corrected chi connectivity index (χ0v) is 23.8. The Morgan fingerprint density at radius 1 is 0.788 bits per heavy atom. The molecule has 33 heavy (non-hydrogen) atoms. The fourth-order valence-electron chi connectivity index (χ4n) is 2.51. The van der Waals surface area contributed by atoms with Crippen molar-refractivity contribution < 1.29 is 28.1 Å². The van der Waals surface area contributed by atoms with Gasteiger partial charge < -0.3 is 28.1 Å². The van der Waals surface area contributed by atoms with Crippen LogP contribution in [0.2, 0.25) is 18.1 Å². The van der Waals surface area contributed by atoms with E-state index in [9.17, 15) is 0 Å². The van der Waals surface area contributed by atoms with Crippen molar-refractivity contribution in [2.24, 2.45) is 0 Å². The molecule has 0 spiro atoms. The molecular formula is C25H33IO6Si. The van der Waals surface area contributed by atoms with Gasteiger partial charge in [0.05, 0.1) is 10.7 Å². The fraction of sp³-hybridized carbons (Fsp3) is 0.440. The summed E-state index contributed by atoms with van der Waals surface area (Å²) in [6.45, 7) is 11.3. The van der Waals surface area contributed by atoms with Crippen molar-refractivity contribution in [1.29, 1.82) is 0 Å². The van der Waals surface area contributed by atoms with Crippen LogP contribution in [0, 0.1) is 15.4 Å². The first-order chi connectivity index (χ1) is 15.5. The highest BCUT2D eigenvalue weighted by molar-refractivity contribution is 14.1. The van der Waals surface area contributed by atoms with Crippen LogP contribution in [-0.4, -0.2) is 43.2 Å². The first-order valence-corrected chi connectivity index (χ1v) is 14.5. The molecule has 0 bridgehead atoms. The van der Waals surface area contributed by atoms with Gasteiger partial charge in [-0.25, -0.2) is 0 Å². The van der Waals surface area contributed by atoms with E-state index < -0.39 is 8.32 Å². The third-order valence-electron chi connectivity index (χ3n) is 5.36. The molecular weight excluding hydrogens is 551 g/mol. The first-order valence-electron chi connectivity index (χ1n) is 10.5. The zero-order valence-electron chi connectivity index (χ0n) is 20.6. The van der Waals surface area contributed by atoms with Crippen LogP contribution < -0.4 is 18.6 Å². The lowest BCUT2D eigenvalue weighted by atomic mass is 10.1. The van der Waals surface area contributed by atoms with Crippen LogP contribution in [0.5, 0.6) is 23.0 Å². The van der Waals surface area contributed by atoms with Gasteiger partial charge in [-0.15, -0.1) is 0 Å². The summed E-state index contributed by atoms with van der Waals surface area (Å²) in [5.41, 5.74) is 1.57. The minimum atomic E-state index is -2.04. The van der Waals surface area contributed by atoms with Crippen LogP contribution in [-0.2, 0) is 9.47 Å². The average Bonchev–Trinajstić information content (AvgIpc) is 2.75. The van der Waals surface area contributed by atoms with Crippen molar-refractivity contribution >= 4 is 30.9 Å². The lowest BCUT2D eigenvalue weighted by Gasteiger charge is -2.36. The van der Waals surface area contributed by atoms with Crippen molar-refractivity contribution in [1.82, 2.24) is 0 Å². The molecule has 0 fully saturated rings. The summed E-state index contributed by atoms with van der Waals surface area (Å²) < 4.78 is 34.3. The summed E-state index contributed by atoms with van der Waals surface area (Å²) in [5, 5.41) is 0.0675. The zero-order chi connectivity index (χ0) is 24.6. The number of rotatable bonds is 9. The minimum absolute atomic E-state index is 0.0675. The van der Waals surface area contributed by atoms with E-state index >= 15 is 0 Å². The van der Waals surface area contributed by atoms with Gasteiger partial charge >= 0.3 is 0 Å². The Morgan fingerprint density at radius 3 is 1.79 bits per heavy atom. The van der Waals surface area contributed by atoms with Gasteiger partial charge in [0.1, 0.15) is 17.2 Å². The summed E-state index contributed by atoms with van der Waals surface area (Å²) in [7, 11) is 2.76. The normalized spacial score (nSPS) is 11.4. The Bertz CT molecular complexity index is 975. The highest BCUT2D eigenvalue weighted by Gasteiger charge is 2.39. The number of hydrogen-bond acceptors (Lipinski definition) is 6. The van der Waals surface area contributed by atoms with Gasteiger partial charge in [-0.1, -0.05) is 32.6 Å². The number of hydrogen-bond donors (Lipinski definition) is 0. The monoisotopic (exact) mass is 584 g/mol. The quantitative estimate of drug-likeness (QED) is 0.155. The van der Waals surface area contributed by atoms with Crippen LogP contribution >= 0.6 is 22.6 Å². The maximum atomic E-state index is 6.50. The van der Waals surface area contributed by atoms with E-state index in [-0.39, 0.29) is 18.6 Å². The molecule has 0 aliphatic rings. The van der Waals surface area contributed by atoms with Crippen LogP contribution in [0.15, 0.2) is 30.3 Å². The summed E-state index contributed by atoms with van der Waals surface area (Å²) in [6, 6.07) is 9.47. The van der Waals surface area contributed by atoms with Gasteiger partial charge in [-0.3, -0.25) is 0 Å². The molecule has 0 radical (unpaired) electrons. The molecule has 2 aromatic carbocycles. The predicted octanol–water partition coefficient (Wildman–Crippen LogP) is 6.05. The number of ether oxygens (including phenoxy) is 5. The summed E-state index contributed by atoms with van der Waals surface area (Å²) in [5.74, 6) is 9.09. The van der Waals surface area contributed by atoms with E-state index in [0.29, 0.717) is 23.0 Å². The van der Waals surface area contributed by atoms with Gasteiger partial charge in [-0.05, 0) is 71.1 Å². The lowest BCUT2D eigenvalue weighted by molar-refractivity contribution is 0.0448.